The standard InChI is InChI=1S/C23H18FN5O2/c24-17-7-5-16(6-8-17)20(15-3-1-14(11-25)2-4-15)18-13-28-10-9-26-23(28)21-22(31)19(30)12-27-29(18)21/h1-10,12,18-20,30-31H,13H2/t18-,19?,20-/m1/s1. The van der Waals surface area contributed by atoms with Gasteiger partial charge in [-0.3, -0.25) is 5.01 Å². The number of fused-ring (bicyclic) bond motifs is 3. The molecule has 7 nitrogen and oxygen atoms in total. The summed E-state index contributed by atoms with van der Waals surface area (Å²) in [6.07, 6.45) is 3.51. The molecule has 2 aromatic carbocycles. The maximum absolute atomic E-state index is 13.7. The van der Waals surface area contributed by atoms with Gasteiger partial charge in [-0.15, -0.1) is 0 Å². The van der Waals surface area contributed by atoms with Gasteiger partial charge >= 0.3 is 0 Å². The Morgan fingerprint density at radius 2 is 1.77 bits per heavy atom. The molecule has 0 fully saturated rings. The van der Waals surface area contributed by atoms with Crippen LogP contribution in [0.15, 0.2) is 71.8 Å². The van der Waals surface area contributed by atoms with Gasteiger partial charge < -0.3 is 14.8 Å². The number of aromatic nitrogens is 2. The van der Waals surface area contributed by atoms with E-state index in [0.29, 0.717) is 23.6 Å². The maximum Gasteiger partial charge on any atom is 0.161 e. The molecule has 8 heteroatoms. The Morgan fingerprint density at radius 1 is 1.10 bits per heavy atom. The average Bonchev–Trinajstić information content (AvgIpc) is 3.26. The summed E-state index contributed by atoms with van der Waals surface area (Å²) in [6, 6.07) is 15.3. The van der Waals surface area contributed by atoms with E-state index in [4.69, 9.17) is 0 Å². The topological polar surface area (TPSA) is 97.7 Å². The highest BCUT2D eigenvalue weighted by Gasteiger charge is 2.41. The molecule has 2 aliphatic heterocycles. The lowest BCUT2D eigenvalue weighted by Gasteiger charge is -2.42. The molecular weight excluding hydrogens is 397 g/mol. The third-order valence-corrected chi connectivity index (χ3v) is 5.72. The van der Waals surface area contributed by atoms with Crippen LogP contribution in [0.25, 0.3) is 5.70 Å². The van der Waals surface area contributed by atoms with E-state index in [2.05, 4.69) is 16.2 Å². The largest absolute Gasteiger partial charge is 0.507 e. The Labute approximate surface area is 177 Å². The molecule has 1 unspecified atom stereocenters. The van der Waals surface area contributed by atoms with E-state index in [-0.39, 0.29) is 23.5 Å². The number of aliphatic hydroxyl groups is 2. The third kappa shape index (κ3) is 3.16. The first-order valence-corrected chi connectivity index (χ1v) is 9.78. The fourth-order valence-electron chi connectivity index (χ4n) is 4.26. The van der Waals surface area contributed by atoms with Gasteiger partial charge in [0, 0.05) is 24.9 Å². The molecule has 0 saturated heterocycles. The number of nitrogens with zero attached hydrogens (tertiary/aromatic N) is 5. The molecule has 2 aliphatic rings. The number of aliphatic hydroxyl groups excluding tert-OH is 2. The quantitative estimate of drug-likeness (QED) is 0.685. The van der Waals surface area contributed by atoms with Crippen molar-refractivity contribution >= 4 is 11.9 Å². The molecule has 0 spiro atoms. The SMILES string of the molecule is N#Cc1ccc([C@H](c2ccc(F)cc2)[C@H]2Cn3ccnc3C3=C(O)C(O)C=NN32)cc1. The summed E-state index contributed by atoms with van der Waals surface area (Å²) >= 11 is 0. The molecule has 3 aromatic rings. The number of imidazole rings is 1. The molecule has 5 rings (SSSR count). The second-order valence-corrected chi connectivity index (χ2v) is 7.52. The van der Waals surface area contributed by atoms with Gasteiger partial charge in [0.25, 0.3) is 0 Å². The minimum absolute atomic E-state index is 0.218. The summed E-state index contributed by atoms with van der Waals surface area (Å²) in [7, 11) is 0. The van der Waals surface area contributed by atoms with Crippen LogP contribution in [0.4, 0.5) is 4.39 Å². The van der Waals surface area contributed by atoms with Crippen LogP contribution in [-0.4, -0.2) is 43.1 Å². The van der Waals surface area contributed by atoms with Crippen LogP contribution in [0.1, 0.15) is 28.4 Å². The van der Waals surface area contributed by atoms with Crippen molar-refractivity contribution in [1.82, 2.24) is 14.6 Å². The Balaban J connectivity index is 1.68. The second-order valence-electron chi connectivity index (χ2n) is 7.52. The van der Waals surface area contributed by atoms with Crippen LogP contribution in [0.3, 0.4) is 0 Å². The first-order valence-electron chi connectivity index (χ1n) is 9.78. The predicted molar refractivity (Wildman–Crippen MR) is 111 cm³/mol. The lowest BCUT2D eigenvalue weighted by molar-refractivity contribution is 0.169. The predicted octanol–water partition coefficient (Wildman–Crippen LogP) is 3.00. The summed E-state index contributed by atoms with van der Waals surface area (Å²) in [5.74, 6) is -0.300. The van der Waals surface area contributed by atoms with Crippen molar-refractivity contribution in [2.45, 2.75) is 24.6 Å². The monoisotopic (exact) mass is 415 g/mol. The van der Waals surface area contributed by atoms with Crippen LogP contribution in [0.2, 0.25) is 0 Å². The van der Waals surface area contributed by atoms with Crippen molar-refractivity contribution in [2.24, 2.45) is 5.10 Å². The highest BCUT2D eigenvalue weighted by atomic mass is 19.1. The molecule has 0 bridgehead atoms. The van der Waals surface area contributed by atoms with Crippen LogP contribution < -0.4 is 0 Å². The van der Waals surface area contributed by atoms with Crippen molar-refractivity contribution in [1.29, 1.82) is 5.26 Å². The highest BCUT2D eigenvalue weighted by molar-refractivity contribution is 5.77. The lowest BCUT2D eigenvalue weighted by atomic mass is 9.83. The van der Waals surface area contributed by atoms with Gasteiger partial charge in [-0.2, -0.15) is 10.4 Å². The Hall–Kier alpha value is -3.96. The van der Waals surface area contributed by atoms with Crippen molar-refractivity contribution in [3.8, 4) is 6.07 Å². The molecule has 154 valence electrons. The molecule has 0 aliphatic carbocycles. The second kappa shape index (κ2) is 7.38. The number of benzene rings is 2. The third-order valence-electron chi connectivity index (χ3n) is 5.72. The summed E-state index contributed by atoms with van der Waals surface area (Å²) < 4.78 is 15.6. The zero-order valence-corrected chi connectivity index (χ0v) is 16.3. The van der Waals surface area contributed by atoms with E-state index in [9.17, 15) is 19.9 Å². The van der Waals surface area contributed by atoms with Crippen molar-refractivity contribution in [2.75, 3.05) is 0 Å². The molecular formula is C23H18FN5O2. The van der Waals surface area contributed by atoms with Gasteiger partial charge in [0.15, 0.2) is 11.6 Å². The number of halogens is 1. The first kappa shape index (κ1) is 19.0. The van der Waals surface area contributed by atoms with Gasteiger partial charge in [0.05, 0.1) is 23.9 Å². The Bertz CT molecular complexity index is 1220. The molecule has 1 aromatic heterocycles. The van der Waals surface area contributed by atoms with Gasteiger partial charge in [-0.05, 0) is 35.4 Å². The number of hydrogen-bond donors (Lipinski definition) is 2. The minimum atomic E-state index is -1.21. The van der Waals surface area contributed by atoms with E-state index < -0.39 is 6.10 Å². The number of rotatable bonds is 3. The van der Waals surface area contributed by atoms with E-state index in [0.717, 1.165) is 11.1 Å². The molecule has 0 radical (unpaired) electrons. The Kier molecular flexibility index (Phi) is 4.53. The van der Waals surface area contributed by atoms with E-state index in [1.54, 1.807) is 35.5 Å². The zero-order chi connectivity index (χ0) is 21.5. The fourth-order valence-corrected chi connectivity index (χ4v) is 4.26. The molecule has 0 saturated carbocycles. The average molecular weight is 415 g/mol. The summed E-state index contributed by atoms with van der Waals surface area (Å²) in [6.45, 7) is 0.502. The first-order chi connectivity index (χ1) is 15.1. The van der Waals surface area contributed by atoms with Gasteiger partial charge in [-0.1, -0.05) is 24.3 Å². The van der Waals surface area contributed by atoms with Crippen LogP contribution in [-0.2, 0) is 6.54 Å². The van der Waals surface area contributed by atoms with Crippen LogP contribution in [0.5, 0.6) is 0 Å². The molecule has 2 N–H and O–H groups in total. The lowest BCUT2D eigenvalue weighted by Crippen LogP contribution is -2.46. The Morgan fingerprint density at radius 3 is 2.45 bits per heavy atom. The van der Waals surface area contributed by atoms with Crippen molar-refractivity contribution in [3.05, 3.63) is 95.0 Å². The number of hydrazone groups is 1. The number of nitriles is 1. The molecule has 31 heavy (non-hydrogen) atoms. The van der Waals surface area contributed by atoms with E-state index >= 15 is 0 Å². The smallest absolute Gasteiger partial charge is 0.161 e. The maximum atomic E-state index is 13.7. The summed E-state index contributed by atoms with van der Waals surface area (Å²) in [4.78, 5) is 4.33. The zero-order valence-electron chi connectivity index (χ0n) is 16.3. The normalized spacial score (nSPS) is 20.7. The highest BCUT2D eigenvalue weighted by Crippen LogP contribution is 2.40. The fraction of sp³-hybridized carbons (Fsp3) is 0.174. The van der Waals surface area contributed by atoms with Crippen LogP contribution >= 0.6 is 0 Å². The van der Waals surface area contributed by atoms with Gasteiger partial charge in [0.1, 0.15) is 17.6 Å². The summed E-state index contributed by atoms with van der Waals surface area (Å²) in [5, 5.41) is 36.0. The van der Waals surface area contributed by atoms with Gasteiger partial charge in [-0.25, -0.2) is 9.37 Å². The minimum Gasteiger partial charge on any atom is -0.507 e. The van der Waals surface area contributed by atoms with Gasteiger partial charge in [0.2, 0.25) is 0 Å². The number of hydrogen-bond acceptors (Lipinski definition) is 6. The molecule has 3 heterocycles. The van der Waals surface area contributed by atoms with E-state index in [1.165, 1.54) is 18.3 Å². The molecule has 0 amide bonds. The van der Waals surface area contributed by atoms with Crippen LogP contribution in [0, 0.1) is 17.1 Å². The van der Waals surface area contributed by atoms with E-state index in [1.807, 2.05) is 22.9 Å². The van der Waals surface area contributed by atoms with Crippen molar-refractivity contribution in [3.63, 3.8) is 0 Å². The summed E-state index contributed by atoms with van der Waals surface area (Å²) in [5.41, 5.74) is 2.66. The molecule has 3 atom stereocenters. The van der Waals surface area contributed by atoms with Crippen molar-refractivity contribution < 1.29 is 14.6 Å².